The van der Waals surface area contributed by atoms with E-state index in [4.69, 9.17) is 0 Å². The third-order valence-corrected chi connectivity index (χ3v) is 5.71. The summed E-state index contributed by atoms with van der Waals surface area (Å²) in [5.74, 6) is -1.34. The van der Waals surface area contributed by atoms with Crippen molar-refractivity contribution in [2.45, 2.75) is 31.5 Å². The van der Waals surface area contributed by atoms with Gasteiger partial charge in [-0.25, -0.2) is 0 Å². The van der Waals surface area contributed by atoms with Crippen molar-refractivity contribution < 1.29 is 41.0 Å². The molecule has 0 saturated heterocycles. The van der Waals surface area contributed by atoms with Crippen LogP contribution in [0.5, 0.6) is 5.75 Å². The largest absolute Gasteiger partial charge is 0.508 e. The summed E-state index contributed by atoms with van der Waals surface area (Å²) in [6.07, 6.45) is -10.1. The topological polar surface area (TPSA) is 69.6 Å². The number of phenols is 1. The zero-order chi connectivity index (χ0) is 26.3. The van der Waals surface area contributed by atoms with Crippen LogP contribution in [0.2, 0.25) is 0 Å². The van der Waals surface area contributed by atoms with Crippen molar-refractivity contribution in [1.29, 1.82) is 0 Å². The summed E-state index contributed by atoms with van der Waals surface area (Å²) in [4.78, 5) is 27.1. The lowest BCUT2D eigenvalue weighted by atomic mass is 10.0. The molecule has 0 bridgehead atoms. The van der Waals surface area contributed by atoms with Crippen molar-refractivity contribution in [2.75, 3.05) is 0 Å². The van der Waals surface area contributed by atoms with E-state index in [9.17, 15) is 41.0 Å². The van der Waals surface area contributed by atoms with Gasteiger partial charge >= 0.3 is 12.4 Å². The Bertz CT molecular complexity index is 1270. The normalized spacial score (nSPS) is 15.7. The molecule has 1 aliphatic rings. The third-order valence-electron chi connectivity index (χ3n) is 5.71. The SMILES string of the molecule is O=C(NCc1ccc(O)cc1)C1c2ccccc2C(=O)N1Cc1cc(C(F)(F)F)cc(C(F)(F)F)c1. The molecule has 0 fully saturated rings. The number of phenolic OH excluding ortho intramolecular Hbond substituents is 1. The Kier molecular flexibility index (Phi) is 6.42. The minimum Gasteiger partial charge on any atom is -0.508 e. The molecule has 2 N–H and O–H groups in total. The molecular weight excluding hydrogens is 490 g/mol. The second-order valence-corrected chi connectivity index (χ2v) is 8.22. The Hall–Kier alpha value is -4.02. The molecule has 4 rings (SSSR count). The van der Waals surface area contributed by atoms with Gasteiger partial charge in [0.15, 0.2) is 0 Å². The van der Waals surface area contributed by atoms with E-state index in [1.165, 1.54) is 30.3 Å². The molecule has 0 saturated carbocycles. The number of fused-ring (bicyclic) bond motifs is 1. The summed E-state index contributed by atoms with van der Waals surface area (Å²) in [6, 6.07) is 11.8. The molecule has 1 aliphatic heterocycles. The van der Waals surface area contributed by atoms with E-state index in [2.05, 4.69) is 5.32 Å². The fourth-order valence-corrected chi connectivity index (χ4v) is 4.02. The number of hydrogen-bond acceptors (Lipinski definition) is 3. The van der Waals surface area contributed by atoms with Crippen LogP contribution in [0.4, 0.5) is 26.3 Å². The minimum atomic E-state index is -5.05. The van der Waals surface area contributed by atoms with Crippen molar-refractivity contribution in [3.63, 3.8) is 0 Å². The maximum absolute atomic E-state index is 13.3. The lowest BCUT2D eigenvalue weighted by molar-refractivity contribution is -0.143. The van der Waals surface area contributed by atoms with Crippen LogP contribution >= 0.6 is 0 Å². The van der Waals surface area contributed by atoms with Gasteiger partial charge in [0, 0.05) is 18.7 Å². The molecule has 1 atom stereocenters. The summed E-state index contributed by atoms with van der Waals surface area (Å²) in [7, 11) is 0. The predicted molar refractivity (Wildman–Crippen MR) is 115 cm³/mol. The van der Waals surface area contributed by atoms with E-state index >= 15 is 0 Å². The highest BCUT2D eigenvalue weighted by molar-refractivity contribution is 6.04. The van der Waals surface area contributed by atoms with Crippen molar-refractivity contribution in [1.82, 2.24) is 10.2 Å². The first-order valence-electron chi connectivity index (χ1n) is 10.6. The van der Waals surface area contributed by atoms with Gasteiger partial charge < -0.3 is 15.3 Å². The number of nitrogens with zero attached hydrogens (tertiary/aromatic N) is 1. The molecule has 5 nitrogen and oxygen atoms in total. The molecule has 11 heteroatoms. The number of carbonyl (C=O) groups is 2. The van der Waals surface area contributed by atoms with Crippen LogP contribution < -0.4 is 5.32 Å². The van der Waals surface area contributed by atoms with Crippen molar-refractivity contribution in [3.05, 3.63) is 100 Å². The highest BCUT2D eigenvalue weighted by atomic mass is 19.4. The molecule has 3 aromatic rings. The zero-order valence-electron chi connectivity index (χ0n) is 18.3. The number of aromatic hydroxyl groups is 1. The number of alkyl halides is 6. The van der Waals surface area contributed by atoms with E-state index in [0.717, 1.165) is 4.90 Å². The van der Waals surface area contributed by atoms with E-state index in [1.54, 1.807) is 18.2 Å². The summed E-state index contributed by atoms with van der Waals surface area (Å²) < 4.78 is 79.8. The van der Waals surface area contributed by atoms with Crippen LogP contribution in [0.1, 0.15) is 44.2 Å². The minimum absolute atomic E-state index is 0.00585. The monoisotopic (exact) mass is 508 g/mol. The first-order valence-corrected chi connectivity index (χ1v) is 10.6. The smallest absolute Gasteiger partial charge is 0.416 e. The van der Waals surface area contributed by atoms with Gasteiger partial charge in [0.05, 0.1) is 11.1 Å². The fraction of sp³-hybridized carbons (Fsp3) is 0.200. The van der Waals surface area contributed by atoms with Crippen molar-refractivity contribution >= 4 is 11.8 Å². The Labute approximate surface area is 201 Å². The Morgan fingerprint density at radius 1 is 0.861 bits per heavy atom. The molecule has 1 unspecified atom stereocenters. The average molecular weight is 508 g/mol. The van der Waals surface area contributed by atoms with E-state index in [-0.39, 0.29) is 29.5 Å². The number of nitrogens with one attached hydrogen (secondary N) is 1. The number of carbonyl (C=O) groups excluding carboxylic acids is 2. The third kappa shape index (κ3) is 5.14. The van der Waals surface area contributed by atoms with Gasteiger partial charge in [0.1, 0.15) is 11.8 Å². The number of hydrogen-bond donors (Lipinski definition) is 2. The van der Waals surface area contributed by atoms with Crippen LogP contribution in [0.15, 0.2) is 66.7 Å². The molecule has 0 spiro atoms. The molecule has 1 heterocycles. The van der Waals surface area contributed by atoms with Gasteiger partial charge in [-0.3, -0.25) is 9.59 Å². The van der Waals surface area contributed by atoms with Gasteiger partial charge in [-0.2, -0.15) is 26.3 Å². The lowest BCUT2D eigenvalue weighted by Crippen LogP contribution is -2.38. The quantitative estimate of drug-likeness (QED) is 0.451. The van der Waals surface area contributed by atoms with Crippen molar-refractivity contribution in [2.24, 2.45) is 0 Å². The zero-order valence-corrected chi connectivity index (χ0v) is 18.3. The second-order valence-electron chi connectivity index (χ2n) is 8.22. The maximum Gasteiger partial charge on any atom is 0.416 e. The first kappa shape index (κ1) is 25.1. The molecule has 0 aliphatic carbocycles. The standard InChI is InChI=1S/C25H18F6N2O3/c26-24(27,28)16-9-15(10-17(11-16)25(29,30)31)13-33-21(19-3-1-2-4-20(19)23(33)36)22(35)32-12-14-5-7-18(34)8-6-14/h1-11,21,34H,12-13H2,(H,32,35). The van der Waals surface area contributed by atoms with Gasteiger partial charge in [-0.05, 0) is 53.1 Å². The van der Waals surface area contributed by atoms with Crippen LogP contribution in [-0.4, -0.2) is 21.8 Å². The molecule has 0 aromatic heterocycles. The van der Waals surface area contributed by atoms with E-state index < -0.39 is 53.4 Å². The maximum atomic E-state index is 13.3. The summed E-state index contributed by atoms with van der Waals surface area (Å²) in [6.45, 7) is -0.639. The van der Waals surface area contributed by atoms with Crippen LogP contribution in [0.3, 0.4) is 0 Å². The molecule has 2 amide bonds. The molecular formula is C25H18F6N2O3. The summed E-state index contributed by atoms with van der Waals surface area (Å²) >= 11 is 0. The molecule has 36 heavy (non-hydrogen) atoms. The lowest BCUT2D eigenvalue weighted by Gasteiger charge is -2.25. The van der Waals surface area contributed by atoms with Gasteiger partial charge in [0.2, 0.25) is 5.91 Å². The van der Waals surface area contributed by atoms with Gasteiger partial charge in [-0.15, -0.1) is 0 Å². The number of halogens is 6. The Morgan fingerprint density at radius 2 is 1.44 bits per heavy atom. The fourth-order valence-electron chi connectivity index (χ4n) is 4.02. The average Bonchev–Trinajstić information content (AvgIpc) is 3.09. The number of amides is 2. The first-order chi connectivity index (χ1) is 16.8. The van der Waals surface area contributed by atoms with E-state index in [1.807, 2.05) is 0 Å². The van der Waals surface area contributed by atoms with Crippen molar-refractivity contribution in [3.8, 4) is 5.75 Å². The van der Waals surface area contributed by atoms with Crippen LogP contribution in [0, 0.1) is 0 Å². The van der Waals surface area contributed by atoms with Gasteiger partial charge in [0.25, 0.3) is 5.91 Å². The van der Waals surface area contributed by atoms with Gasteiger partial charge in [-0.1, -0.05) is 30.3 Å². The second kappa shape index (κ2) is 9.21. The molecule has 188 valence electrons. The Morgan fingerprint density at radius 3 is 2.03 bits per heavy atom. The number of rotatable bonds is 5. The summed E-state index contributed by atoms with van der Waals surface area (Å²) in [5.41, 5.74) is -2.40. The molecule has 3 aromatic carbocycles. The molecule has 0 radical (unpaired) electrons. The Balaban J connectivity index is 1.67. The highest BCUT2D eigenvalue weighted by Crippen LogP contribution is 2.39. The summed E-state index contributed by atoms with van der Waals surface area (Å²) in [5, 5.41) is 12.0. The van der Waals surface area contributed by atoms with Crippen LogP contribution in [0.25, 0.3) is 0 Å². The number of benzene rings is 3. The predicted octanol–water partition coefficient (Wildman–Crippen LogP) is 5.44. The van der Waals surface area contributed by atoms with Crippen LogP contribution in [-0.2, 0) is 30.2 Å². The highest BCUT2D eigenvalue weighted by Gasteiger charge is 2.42. The van der Waals surface area contributed by atoms with E-state index in [0.29, 0.717) is 17.7 Å².